The Morgan fingerprint density at radius 2 is 2.00 bits per heavy atom. The number of nitrogens with one attached hydrogen (secondary N) is 2. The number of halogens is 1. The van der Waals surface area contributed by atoms with E-state index in [-0.39, 0.29) is 24.5 Å². The van der Waals surface area contributed by atoms with Crippen molar-refractivity contribution in [2.75, 3.05) is 0 Å². The number of amides is 2. The molecule has 0 aliphatic heterocycles. The number of urea groups is 1. The van der Waals surface area contributed by atoms with Crippen molar-refractivity contribution in [2.45, 2.75) is 56.8 Å². The van der Waals surface area contributed by atoms with Gasteiger partial charge in [-0.05, 0) is 25.3 Å². The molecule has 0 saturated heterocycles. The molecule has 1 aromatic rings. The van der Waals surface area contributed by atoms with Crippen LogP contribution < -0.4 is 10.6 Å². The Bertz CT molecular complexity index is 540. The number of carbonyl (C=O) groups is 2. The minimum atomic E-state index is -1.19. The number of hydrogen-bond donors (Lipinski definition) is 3. The smallest absolute Gasteiger partial charge is 0.315 e. The fraction of sp³-hybridized carbons (Fsp3) is 0.529. The average Bonchev–Trinajstić information content (AvgIpc) is 2.43. The van der Waals surface area contributed by atoms with Gasteiger partial charge < -0.3 is 15.7 Å². The van der Waals surface area contributed by atoms with Crippen molar-refractivity contribution in [2.24, 2.45) is 0 Å². The van der Waals surface area contributed by atoms with Crippen molar-refractivity contribution in [1.29, 1.82) is 0 Å². The molecular formula is C17H23FN2O3. The van der Waals surface area contributed by atoms with Gasteiger partial charge in [-0.15, -0.1) is 0 Å². The Kier molecular flexibility index (Phi) is 5.58. The third-order valence-electron chi connectivity index (χ3n) is 4.05. The van der Waals surface area contributed by atoms with Gasteiger partial charge in [0.15, 0.2) is 0 Å². The summed E-state index contributed by atoms with van der Waals surface area (Å²) in [6.45, 7) is 1.52. The summed E-state index contributed by atoms with van der Waals surface area (Å²) in [4.78, 5) is 22.8. The Balaban J connectivity index is 1.86. The van der Waals surface area contributed by atoms with Crippen LogP contribution in [0.15, 0.2) is 30.3 Å². The van der Waals surface area contributed by atoms with Crippen LogP contribution in [0.3, 0.4) is 0 Å². The molecule has 23 heavy (non-hydrogen) atoms. The van der Waals surface area contributed by atoms with Gasteiger partial charge in [0.25, 0.3) is 0 Å². The highest BCUT2D eigenvalue weighted by Gasteiger charge is 2.41. The minimum absolute atomic E-state index is 0.0102. The van der Waals surface area contributed by atoms with Gasteiger partial charge in [-0.2, -0.15) is 0 Å². The van der Waals surface area contributed by atoms with Gasteiger partial charge >= 0.3 is 12.0 Å². The zero-order chi connectivity index (χ0) is 16.9. The van der Waals surface area contributed by atoms with Crippen molar-refractivity contribution in [3.63, 3.8) is 0 Å². The maximum Gasteiger partial charge on any atom is 0.315 e. The maximum absolute atomic E-state index is 13.4. The Labute approximate surface area is 135 Å². The van der Waals surface area contributed by atoms with Gasteiger partial charge in [-0.25, -0.2) is 9.18 Å². The van der Waals surface area contributed by atoms with Crippen molar-refractivity contribution < 1.29 is 19.1 Å². The molecule has 1 aliphatic carbocycles. The molecule has 1 atom stereocenters. The van der Waals surface area contributed by atoms with E-state index in [9.17, 15) is 14.0 Å². The summed E-state index contributed by atoms with van der Waals surface area (Å²) in [6, 6.07) is 8.80. The van der Waals surface area contributed by atoms with Gasteiger partial charge in [0, 0.05) is 31.3 Å². The van der Waals surface area contributed by atoms with E-state index >= 15 is 0 Å². The fourth-order valence-electron chi connectivity index (χ4n) is 2.90. The number of carbonyl (C=O) groups excluding carboxylic acids is 1. The summed E-state index contributed by atoms with van der Waals surface area (Å²) in [5, 5.41) is 14.4. The van der Waals surface area contributed by atoms with E-state index in [0.29, 0.717) is 25.7 Å². The van der Waals surface area contributed by atoms with Crippen molar-refractivity contribution in [1.82, 2.24) is 10.6 Å². The number of alkyl halides is 1. The SMILES string of the molecule is CC1(F)CC(NC(=O)NC(CCC(=O)O)Cc2ccccc2)C1. The highest BCUT2D eigenvalue weighted by atomic mass is 19.1. The van der Waals surface area contributed by atoms with E-state index in [1.54, 1.807) is 0 Å². The number of aliphatic carboxylic acids is 1. The predicted molar refractivity (Wildman–Crippen MR) is 85.0 cm³/mol. The van der Waals surface area contributed by atoms with Gasteiger partial charge in [0.1, 0.15) is 5.67 Å². The topological polar surface area (TPSA) is 78.4 Å². The molecule has 1 aromatic carbocycles. The Morgan fingerprint density at radius 3 is 2.57 bits per heavy atom. The van der Waals surface area contributed by atoms with Crippen LogP contribution in [-0.2, 0) is 11.2 Å². The first-order chi connectivity index (χ1) is 10.8. The second-order valence-corrected chi connectivity index (χ2v) is 6.46. The Hall–Kier alpha value is -2.11. The summed E-state index contributed by atoms with van der Waals surface area (Å²) in [5.41, 5.74) is -0.159. The normalized spacial score (nSPS) is 24.3. The lowest BCUT2D eigenvalue weighted by Crippen LogP contribution is -2.55. The van der Waals surface area contributed by atoms with Crippen LogP contribution in [-0.4, -0.2) is 34.9 Å². The van der Waals surface area contributed by atoms with Crippen LogP contribution in [0, 0.1) is 0 Å². The van der Waals surface area contributed by atoms with Crippen LogP contribution in [0.2, 0.25) is 0 Å². The predicted octanol–water partition coefficient (Wildman–Crippen LogP) is 2.65. The minimum Gasteiger partial charge on any atom is -0.481 e. The molecule has 5 nitrogen and oxygen atoms in total. The lowest BCUT2D eigenvalue weighted by molar-refractivity contribution is -0.137. The van der Waals surface area contributed by atoms with E-state index < -0.39 is 11.6 Å². The second-order valence-electron chi connectivity index (χ2n) is 6.46. The van der Waals surface area contributed by atoms with Crippen LogP contribution in [0.5, 0.6) is 0 Å². The van der Waals surface area contributed by atoms with Crippen LogP contribution in [0.25, 0.3) is 0 Å². The van der Waals surface area contributed by atoms with Crippen LogP contribution in [0.4, 0.5) is 9.18 Å². The van der Waals surface area contributed by atoms with Gasteiger partial charge in [-0.1, -0.05) is 30.3 Å². The molecule has 3 N–H and O–H groups in total. The number of benzene rings is 1. The van der Waals surface area contributed by atoms with Crippen LogP contribution >= 0.6 is 0 Å². The van der Waals surface area contributed by atoms with Gasteiger partial charge in [0.2, 0.25) is 0 Å². The summed E-state index contributed by atoms with van der Waals surface area (Å²) < 4.78 is 13.4. The molecule has 1 fully saturated rings. The van der Waals surface area contributed by atoms with Crippen molar-refractivity contribution in [3.8, 4) is 0 Å². The van der Waals surface area contributed by atoms with Crippen molar-refractivity contribution in [3.05, 3.63) is 35.9 Å². The largest absolute Gasteiger partial charge is 0.481 e. The maximum atomic E-state index is 13.4. The lowest BCUT2D eigenvalue weighted by Gasteiger charge is -2.39. The summed E-state index contributed by atoms with van der Waals surface area (Å²) in [5.74, 6) is -0.891. The highest BCUT2D eigenvalue weighted by molar-refractivity contribution is 5.75. The van der Waals surface area contributed by atoms with E-state index in [4.69, 9.17) is 5.11 Å². The first kappa shape index (κ1) is 17.2. The van der Waals surface area contributed by atoms with E-state index in [0.717, 1.165) is 5.56 Å². The molecular weight excluding hydrogens is 299 g/mol. The zero-order valence-corrected chi connectivity index (χ0v) is 13.2. The van der Waals surface area contributed by atoms with E-state index in [1.807, 2.05) is 30.3 Å². The average molecular weight is 322 g/mol. The molecule has 1 unspecified atom stereocenters. The molecule has 1 aliphatic rings. The second kappa shape index (κ2) is 7.44. The molecule has 0 radical (unpaired) electrons. The van der Waals surface area contributed by atoms with E-state index in [1.165, 1.54) is 6.92 Å². The third kappa shape index (κ3) is 5.88. The monoisotopic (exact) mass is 322 g/mol. The fourth-order valence-corrected chi connectivity index (χ4v) is 2.90. The van der Waals surface area contributed by atoms with Gasteiger partial charge in [0.05, 0.1) is 0 Å². The van der Waals surface area contributed by atoms with E-state index in [2.05, 4.69) is 10.6 Å². The standard InChI is InChI=1S/C17H23FN2O3/c1-17(18)10-14(11-17)20-16(23)19-13(7-8-15(21)22)9-12-5-3-2-4-6-12/h2-6,13-14H,7-11H2,1H3,(H,21,22)(H2,19,20,23). The quantitative estimate of drug-likeness (QED) is 0.722. The highest BCUT2D eigenvalue weighted by Crippen LogP contribution is 2.35. The molecule has 6 heteroatoms. The third-order valence-corrected chi connectivity index (χ3v) is 4.05. The molecule has 2 rings (SSSR count). The van der Waals surface area contributed by atoms with Gasteiger partial charge in [-0.3, -0.25) is 4.79 Å². The molecule has 0 spiro atoms. The van der Waals surface area contributed by atoms with Crippen LogP contribution in [0.1, 0.15) is 38.2 Å². The molecule has 0 heterocycles. The first-order valence-corrected chi connectivity index (χ1v) is 7.86. The Morgan fingerprint density at radius 1 is 1.35 bits per heavy atom. The number of rotatable bonds is 7. The number of hydrogen-bond acceptors (Lipinski definition) is 2. The summed E-state index contributed by atoms with van der Waals surface area (Å²) in [7, 11) is 0. The number of carboxylic acid groups (broad SMARTS) is 1. The number of carboxylic acids is 1. The molecule has 0 aromatic heterocycles. The first-order valence-electron chi connectivity index (χ1n) is 7.86. The molecule has 126 valence electrons. The molecule has 2 amide bonds. The summed E-state index contributed by atoms with van der Waals surface area (Å²) >= 11 is 0. The zero-order valence-electron chi connectivity index (χ0n) is 13.2. The van der Waals surface area contributed by atoms with Crippen molar-refractivity contribution >= 4 is 12.0 Å². The lowest BCUT2D eigenvalue weighted by atomic mass is 9.79. The summed E-state index contributed by atoms with van der Waals surface area (Å²) in [6.07, 6.45) is 1.54. The molecule has 1 saturated carbocycles. The molecule has 0 bridgehead atoms.